The number of hydrogen-bond donors (Lipinski definition) is 3. The molecule has 3 rings (SSSR count). The van der Waals surface area contributed by atoms with Crippen molar-refractivity contribution >= 4 is 17.8 Å². The van der Waals surface area contributed by atoms with Gasteiger partial charge in [-0.05, 0) is 57.8 Å². The van der Waals surface area contributed by atoms with Gasteiger partial charge in [-0.1, -0.05) is 26.2 Å². The van der Waals surface area contributed by atoms with Gasteiger partial charge in [-0.2, -0.15) is 15.0 Å². The van der Waals surface area contributed by atoms with Gasteiger partial charge in [-0.3, -0.25) is 0 Å². The second kappa shape index (κ2) is 8.68. The fourth-order valence-electron chi connectivity index (χ4n) is 3.66. The van der Waals surface area contributed by atoms with Crippen molar-refractivity contribution in [3.05, 3.63) is 0 Å². The van der Waals surface area contributed by atoms with E-state index < -0.39 is 0 Å². The summed E-state index contributed by atoms with van der Waals surface area (Å²) in [4.78, 5) is 13.7. The molecule has 0 spiro atoms. The predicted molar refractivity (Wildman–Crippen MR) is 104 cm³/mol. The quantitative estimate of drug-likeness (QED) is 0.652. The molecule has 2 fully saturated rings. The molecule has 0 saturated heterocycles. The monoisotopic (exact) mass is 346 g/mol. The fraction of sp³-hybridized carbons (Fsp3) is 0.842. The van der Waals surface area contributed by atoms with Gasteiger partial charge in [-0.25, -0.2) is 0 Å². The van der Waals surface area contributed by atoms with Gasteiger partial charge in [-0.15, -0.1) is 0 Å². The van der Waals surface area contributed by atoms with Crippen molar-refractivity contribution in [2.24, 2.45) is 11.8 Å². The van der Waals surface area contributed by atoms with Crippen molar-refractivity contribution in [3.63, 3.8) is 0 Å². The van der Waals surface area contributed by atoms with Gasteiger partial charge in [0.05, 0.1) is 0 Å². The summed E-state index contributed by atoms with van der Waals surface area (Å²) in [5.74, 6) is 3.72. The Balaban J connectivity index is 1.59. The second-order valence-electron chi connectivity index (χ2n) is 8.05. The third kappa shape index (κ3) is 5.44. The van der Waals surface area contributed by atoms with Crippen LogP contribution in [-0.2, 0) is 0 Å². The Morgan fingerprint density at radius 3 is 2.12 bits per heavy atom. The van der Waals surface area contributed by atoms with Crippen LogP contribution in [0.15, 0.2) is 0 Å². The Hall–Kier alpha value is -1.59. The van der Waals surface area contributed by atoms with Crippen LogP contribution in [0.2, 0.25) is 0 Å². The minimum Gasteiger partial charge on any atom is -0.354 e. The van der Waals surface area contributed by atoms with Crippen LogP contribution in [0.25, 0.3) is 0 Å². The molecular weight excluding hydrogens is 312 g/mol. The minimum atomic E-state index is 0.302. The van der Waals surface area contributed by atoms with Crippen LogP contribution in [0.1, 0.15) is 72.1 Å². The Morgan fingerprint density at radius 1 is 0.880 bits per heavy atom. The standard InChI is InChI=1S/C19H34N6/c1-4-14-8-10-15(11-9-14)12-20-17-23-18(21-13(2)3)25-19(24-17)22-16-6-5-7-16/h13-16H,4-12H2,1-3H3,(H3,20,21,22,23,24,25). The molecule has 0 amide bonds. The first-order valence-electron chi connectivity index (χ1n) is 10.2. The average Bonchev–Trinajstić information content (AvgIpc) is 2.56. The molecule has 6 heteroatoms. The summed E-state index contributed by atoms with van der Waals surface area (Å²) in [6, 6.07) is 0.822. The van der Waals surface area contributed by atoms with Crippen LogP contribution in [0.4, 0.5) is 17.8 Å². The summed E-state index contributed by atoms with van der Waals surface area (Å²) in [6.45, 7) is 7.47. The molecule has 0 atom stereocenters. The van der Waals surface area contributed by atoms with Crippen molar-refractivity contribution in [1.82, 2.24) is 15.0 Å². The molecule has 2 saturated carbocycles. The number of rotatable bonds is 8. The van der Waals surface area contributed by atoms with E-state index in [4.69, 9.17) is 0 Å². The van der Waals surface area contributed by atoms with Crippen molar-refractivity contribution < 1.29 is 0 Å². The predicted octanol–water partition coefficient (Wildman–Crippen LogP) is 4.28. The number of hydrogen-bond acceptors (Lipinski definition) is 6. The van der Waals surface area contributed by atoms with Crippen LogP contribution >= 0.6 is 0 Å². The Labute approximate surface area is 152 Å². The van der Waals surface area contributed by atoms with Gasteiger partial charge in [0.25, 0.3) is 0 Å². The zero-order valence-electron chi connectivity index (χ0n) is 16.0. The molecule has 0 unspecified atom stereocenters. The first-order chi connectivity index (χ1) is 12.1. The molecule has 3 N–H and O–H groups in total. The van der Waals surface area contributed by atoms with E-state index in [1.165, 1.54) is 51.4 Å². The summed E-state index contributed by atoms with van der Waals surface area (Å²) in [5, 5.41) is 10.2. The van der Waals surface area contributed by atoms with Crippen molar-refractivity contribution in [2.45, 2.75) is 84.2 Å². The van der Waals surface area contributed by atoms with E-state index in [1.807, 2.05) is 0 Å². The molecule has 0 aliphatic heterocycles. The number of anilines is 3. The van der Waals surface area contributed by atoms with E-state index in [0.29, 0.717) is 29.9 Å². The maximum Gasteiger partial charge on any atom is 0.229 e. The number of nitrogens with zero attached hydrogens (tertiary/aromatic N) is 3. The van der Waals surface area contributed by atoms with E-state index >= 15 is 0 Å². The highest BCUT2D eigenvalue weighted by molar-refractivity contribution is 5.43. The van der Waals surface area contributed by atoms with Crippen molar-refractivity contribution in [1.29, 1.82) is 0 Å². The summed E-state index contributed by atoms with van der Waals surface area (Å²) in [5.41, 5.74) is 0. The van der Waals surface area contributed by atoms with E-state index in [1.54, 1.807) is 0 Å². The van der Waals surface area contributed by atoms with Gasteiger partial charge >= 0.3 is 0 Å². The topological polar surface area (TPSA) is 74.8 Å². The minimum absolute atomic E-state index is 0.302. The van der Waals surface area contributed by atoms with Gasteiger partial charge in [0.1, 0.15) is 0 Å². The normalized spacial score (nSPS) is 24.0. The van der Waals surface area contributed by atoms with Crippen molar-refractivity contribution in [3.8, 4) is 0 Å². The molecular formula is C19H34N6. The highest BCUT2D eigenvalue weighted by Gasteiger charge is 2.21. The molecule has 0 bridgehead atoms. The van der Waals surface area contributed by atoms with E-state index in [-0.39, 0.29) is 0 Å². The zero-order chi connectivity index (χ0) is 17.6. The van der Waals surface area contributed by atoms with Crippen LogP contribution < -0.4 is 16.0 Å². The lowest BCUT2D eigenvalue weighted by Crippen LogP contribution is -2.29. The molecule has 1 aromatic heterocycles. The first kappa shape index (κ1) is 18.2. The van der Waals surface area contributed by atoms with E-state index in [9.17, 15) is 0 Å². The van der Waals surface area contributed by atoms with E-state index in [0.717, 1.165) is 18.4 Å². The smallest absolute Gasteiger partial charge is 0.229 e. The lowest BCUT2D eigenvalue weighted by molar-refractivity contribution is 0.278. The average molecular weight is 347 g/mol. The van der Waals surface area contributed by atoms with Crippen LogP contribution in [-0.4, -0.2) is 33.6 Å². The van der Waals surface area contributed by atoms with Crippen molar-refractivity contribution in [2.75, 3.05) is 22.5 Å². The van der Waals surface area contributed by atoms with Crippen LogP contribution in [0, 0.1) is 11.8 Å². The number of nitrogens with one attached hydrogen (secondary N) is 3. The maximum absolute atomic E-state index is 4.59. The Bertz CT molecular complexity index is 535. The molecule has 6 nitrogen and oxygen atoms in total. The molecule has 1 heterocycles. The Morgan fingerprint density at radius 2 is 1.52 bits per heavy atom. The van der Waals surface area contributed by atoms with Gasteiger partial charge < -0.3 is 16.0 Å². The largest absolute Gasteiger partial charge is 0.354 e. The lowest BCUT2D eigenvalue weighted by Gasteiger charge is -2.28. The zero-order valence-corrected chi connectivity index (χ0v) is 16.0. The molecule has 0 aromatic carbocycles. The summed E-state index contributed by atoms with van der Waals surface area (Å²) < 4.78 is 0. The van der Waals surface area contributed by atoms with Crippen LogP contribution in [0.3, 0.4) is 0 Å². The summed E-state index contributed by atoms with van der Waals surface area (Å²) in [7, 11) is 0. The third-order valence-corrected chi connectivity index (χ3v) is 5.58. The molecule has 2 aliphatic rings. The second-order valence-corrected chi connectivity index (χ2v) is 8.05. The van der Waals surface area contributed by atoms with Crippen LogP contribution in [0.5, 0.6) is 0 Å². The lowest BCUT2D eigenvalue weighted by atomic mass is 9.81. The van der Waals surface area contributed by atoms with E-state index in [2.05, 4.69) is 51.7 Å². The molecule has 25 heavy (non-hydrogen) atoms. The molecule has 140 valence electrons. The highest BCUT2D eigenvalue weighted by Crippen LogP contribution is 2.30. The molecule has 1 aromatic rings. The highest BCUT2D eigenvalue weighted by atomic mass is 15.3. The maximum atomic E-state index is 4.59. The molecule has 0 radical (unpaired) electrons. The summed E-state index contributed by atoms with van der Waals surface area (Å²) in [6.07, 6.45) is 10.4. The SMILES string of the molecule is CCC1CCC(CNc2nc(NC(C)C)nc(NC3CCC3)n2)CC1. The molecule has 2 aliphatic carbocycles. The summed E-state index contributed by atoms with van der Waals surface area (Å²) >= 11 is 0. The number of aromatic nitrogens is 3. The van der Waals surface area contributed by atoms with Gasteiger partial charge in [0, 0.05) is 18.6 Å². The van der Waals surface area contributed by atoms with Gasteiger partial charge in [0.15, 0.2) is 0 Å². The Kier molecular flexibility index (Phi) is 6.32. The first-order valence-corrected chi connectivity index (χ1v) is 10.2. The third-order valence-electron chi connectivity index (χ3n) is 5.58. The fourth-order valence-corrected chi connectivity index (χ4v) is 3.66. The van der Waals surface area contributed by atoms with Gasteiger partial charge in [0.2, 0.25) is 17.8 Å².